The van der Waals surface area contributed by atoms with Gasteiger partial charge in [0.05, 0.1) is 0 Å². The standard InChI is InChI=1S/C14H12ClFN2O/c1-9-2-5-12(8-13(9)16)18-14(19)17-11-6-3-10(15)4-7-11/h2-8H,1H3,(H2,17,18,19). The third kappa shape index (κ3) is 3.69. The van der Waals surface area contributed by atoms with Crippen LogP contribution in [0.25, 0.3) is 0 Å². The highest BCUT2D eigenvalue weighted by Crippen LogP contribution is 2.16. The fraction of sp³-hybridized carbons (Fsp3) is 0.0714. The van der Waals surface area contributed by atoms with Gasteiger partial charge in [-0.2, -0.15) is 0 Å². The maximum atomic E-state index is 13.3. The molecule has 0 aromatic heterocycles. The molecule has 0 saturated heterocycles. The monoisotopic (exact) mass is 278 g/mol. The van der Waals surface area contributed by atoms with E-state index >= 15 is 0 Å². The van der Waals surface area contributed by atoms with Crippen molar-refractivity contribution < 1.29 is 9.18 Å². The first-order chi connectivity index (χ1) is 9.04. The molecule has 2 amide bonds. The highest BCUT2D eigenvalue weighted by atomic mass is 35.5. The van der Waals surface area contributed by atoms with E-state index in [4.69, 9.17) is 11.6 Å². The second kappa shape index (κ2) is 5.71. The first-order valence-corrected chi connectivity index (χ1v) is 6.02. The Morgan fingerprint density at radius 2 is 1.63 bits per heavy atom. The van der Waals surface area contributed by atoms with Gasteiger partial charge in [0.2, 0.25) is 0 Å². The Morgan fingerprint density at radius 1 is 1.05 bits per heavy atom. The minimum Gasteiger partial charge on any atom is -0.308 e. The van der Waals surface area contributed by atoms with Gasteiger partial charge in [-0.15, -0.1) is 0 Å². The predicted octanol–water partition coefficient (Wildman–Crippen LogP) is 4.43. The molecule has 2 aromatic carbocycles. The van der Waals surface area contributed by atoms with Crippen molar-refractivity contribution in [3.8, 4) is 0 Å². The minimum atomic E-state index is -0.439. The molecule has 0 unspecified atom stereocenters. The van der Waals surface area contributed by atoms with Crippen LogP contribution in [0.2, 0.25) is 5.02 Å². The normalized spacial score (nSPS) is 10.1. The van der Waals surface area contributed by atoms with Crippen molar-refractivity contribution in [2.45, 2.75) is 6.92 Å². The summed E-state index contributed by atoms with van der Waals surface area (Å²) in [7, 11) is 0. The van der Waals surface area contributed by atoms with Crippen LogP contribution in [0.5, 0.6) is 0 Å². The first-order valence-electron chi connectivity index (χ1n) is 5.64. The summed E-state index contributed by atoms with van der Waals surface area (Å²) in [5.74, 6) is -0.357. The molecule has 0 spiro atoms. The van der Waals surface area contributed by atoms with Crippen molar-refractivity contribution in [3.63, 3.8) is 0 Å². The molecule has 0 aliphatic heterocycles. The van der Waals surface area contributed by atoms with Crippen molar-refractivity contribution in [1.82, 2.24) is 0 Å². The van der Waals surface area contributed by atoms with Crippen molar-refractivity contribution in [2.24, 2.45) is 0 Å². The second-order valence-corrected chi connectivity index (χ2v) is 4.49. The Bertz CT molecular complexity index is 599. The molecule has 0 aliphatic carbocycles. The van der Waals surface area contributed by atoms with Gasteiger partial charge in [-0.25, -0.2) is 9.18 Å². The molecule has 19 heavy (non-hydrogen) atoms. The van der Waals surface area contributed by atoms with E-state index in [9.17, 15) is 9.18 Å². The van der Waals surface area contributed by atoms with E-state index in [1.165, 1.54) is 6.07 Å². The maximum absolute atomic E-state index is 13.3. The van der Waals surface area contributed by atoms with E-state index in [2.05, 4.69) is 10.6 Å². The summed E-state index contributed by atoms with van der Waals surface area (Å²) >= 11 is 5.74. The quantitative estimate of drug-likeness (QED) is 0.838. The molecular formula is C14H12ClFN2O. The SMILES string of the molecule is Cc1ccc(NC(=O)Nc2ccc(Cl)cc2)cc1F. The molecule has 0 atom stereocenters. The number of carbonyl (C=O) groups excluding carboxylic acids is 1. The number of amides is 2. The second-order valence-electron chi connectivity index (χ2n) is 4.05. The highest BCUT2D eigenvalue weighted by Gasteiger charge is 2.04. The molecule has 2 rings (SSSR count). The number of halogens is 2. The van der Waals surface area contributed by atoms with E-state index in [0.717, 1.165) is 0 Å². The molecule has 5 heteroatoms. The van der Waals surface area contributed by atoms with E-state index < -0.39 is 6.03 Å². The van der Waals surface area contributed by atoms with Gasteiger partial charge < -0.3 is 10.6 Å². The number of benzene rings is 2. The average Bonchev–Trinajstić information content (AvgIpc) is 2.37. The lowest BCUT2D eigenvalue weighted by molar-refractivity contribution is 0.262. The molecule has 0 fully saturated rings. The van der Waals surface area contributed by atoms with Gasteiger partial charge in [-0.05, 0) is 48.9 Å². The van der Waals surface area contributed by atoms with E-state index in [0.29, 0.717) is 22.0 Å². The summed E-state index contributed by atoms with van der Waals surface area (Å²) in [4.78, 5) is 11.7. The number of hydrogen-bond donors (Lipinski definition) is 2. The smallest absolute Gasteiger partial charge is 0.308 e. The van der Waals surface area contributed by atoms with Gasteiger partial charge in [0.15, 0.2) is 0 Å². The Labute approximate surface area is 115 Å². The van der Waals surface area contributed by atoms with Crippen LogP contribution < -0.4 is 10.6 Å². The van der Waals surface area contributed by atoms with Crippen molar-refractivity contribution in [3.05, 3.63) is 58.9 Å². The number of hydrogen-bond acceptors (Lipinski definition) is 1. The molecule has 0 heterocycles. The summed E-state index contributed by atoms with van der Waals surface area (Å²) in [6.45, 7) is 1.66. The summed E-state index contributed by atoms with van der Waals surface area (Å²) in [6, 6.07) is 10.8. The third-order valence-corrected chi connectivity index (χ3v) is 2.78. The van der Waals surface area contributed by atoms with E-state index in [1.54, 1.807) is 43.3 Å². The lowest BCUT2D eigenvalue weighted by Crippen LogP contribution is -2.19. The third-order valence-electron chi connectivity index (χ3n) is 2.53. The van der Waals surface area contributed by atoms with Gasteiger partial charge >= 0.3 is 6.03 Å². The zero-order chi connectivity index (χ0) is 13.8. The van der Waals surface area contributed by atoms with Gasteiger partial charge in [0.1, 0.15) is 5.82 Å². The van der Waals surface area contributed by atoms with E-state index in [-0.39, 0.29) is 5.82 Å². The van der Waals surface area contributed by atoms with Crippen LogP contribution in [0.1, 0.15) is 5.56 Å². The number of rotatable bonds is 2. The topological polar surface area (TPSA) is 41.1 Å². The summed E-state index contributed by atoms with van der Waals surface area (Å²) in [5.41, 5.74) is 1.53. The van der Waals surface area contributed by atoms with Crippen molar-refractivity contribution in [2.75, 3.05) is 10.6 Å². The Hall–Kier alpha value is -2.07. The molecule has 3 nitrogen and oxygen atoms in total. The maximum Gasteiger partial charge on any atom is 0.323 e. The number of nitrogens with one attached hydrogen (secondary N) is 2. The molecular weight excluding hydrogens is 267 g/mol. The number of carbonyl (C=O) groups is 1. The lowest BCUT2D eigenvalue weighted by Gasteiger charge is -2.08. The summed E-state index contributed by atoms with van der Waals surface area (Å²) in [5, 5.41) is 5.76. The predicted molar refractivity (Wildman–Crippen MR) is 75.2 cm³/mol. The summed E-state index contributed by atoms with van der Waals surface area (Å²) < 4.78 is 13.3. The molecule has 2 N–H and O–H groups in total. The fourth-order valence-electron chi connectivity index (χ4n) is 1.50. The van der Waals surface area contributed by atoms with Crippen LogP contribution in [-0.2, 0) is 0 Å². The van der Waals surface area contributed by atoms with Crippen molar-refractivity contribution >= 4 is 29.0 Å². The molecule has 98 valence electrons. The van der Waals surface area contributed by atoms with Crippen molar-refractivity contribution in [1.29, 1.82) is 0 Å². The van der Waals surface area contributed by atoms with Crippen LogP contribution >= 0.6 is 11.6 Å². The highest BCUT2D eigenvalue weighted by molar-refractivity contribution is 6.30. The average molecular weight is 279 g/mol. The number of aryl methyl sites for hydroxylation is 1. The van der Waals surface area contributed by atoms with Gasteiger partial charge in [-0.3, -0.25) is 0 Å². The van der Waals surface area contributed by atoms with Crippen LogP contribution in [-0.4, -0.2) is 6.03 Å². The van der Waals surface area contributed by atoms with Gasteiger partial charge in [0.25, 0.3) is 0 Å². The molecule has 2 aromatic rings. The number of urea groups is 1. The zero-order valence-electron chi connectivity index (χ0n) is 10.2. The van der Waals surface area contributed by atoms with Gasteiger partial charge in [0, 0.05) is 16.4 Å². The molecule has 0 radical (unpaired) electrons. The Kier molecular flexibility index (Phi) is 4.02. The largest absolute Gasteiger partial charge is 0.323 e. The van der Waals surface area contributed by atoms with Gasteiger partial charge in [-0.1, -0.05) is 17.7 Å². The molecule has 0 bridgehead atoms. The Balaban J connectivity index is 2.01. The van der Waals surface area contributed by atoms with Crippen LogP contribution in [0.3, 0.4) is 0 Å². The lowest BCUT2D eigenvalue weighted by atomic mass is 10.2. The molecule has 0 aliphatic rings. The zero-order valence-corrected chi connectivity index (χ0v) is 11.0. The summed E-state index contributed by atoms with van der Waals surface area (Å²) in [6.07, 6.45) is 0. The first kappa shape index (κ1) is 13.4. The molecule has 0 saturated carbocycles. The minimum absolute atomic E-state index is 0.357. The van der Waals surface area contributed by atoms with Crippen LogP contribution in [0.4, 0.5) is 20.6 Å². The van der Waals surface area contributed by atoms with E-state index in [1.807, 2.05) is 0 Å². The number of anilines is 2. The fourth-order valence-corrected chi connectivity index (χ4v) is 1.62. The van der Waals surface area contributed by atoms with Crippen LogP contribution in [0.15, 0.2) is 42.5 Å². The van der Waals surface area contributed by atoms with Crippen LogP contribution in [0, 0.1) is 12.7 Å². The Morgan fingerprint density at radius 3 is 2.26 bits per heavy atom.